The fraction of sp³-hybridized carbons (Fsp3) is 0.500. The second-order valence-corrected chi connectivity index (χ2v) is 7.79. The van der Waals surface area contributed by atoms with E-state index in [1.807, 2.05) is 20.8 Å². The minimum absolute atomic E-state index is 0.108. The molecule has 18 heavy (non-hydrogen) atoms. The summed E-state index contributed by atoms with van der Waals surface area (Å²) in [5.41, 5.74) is -0.482. The van der Waals surface area contributed by atoms with Crippen LogP contribution in [0.3, 0.4) is 0 Å². The largest absolute Gasteiger partial charge is 0.242 e. The fourth-order valence-electron chi connectivity index (χ4n) is 1.79. The van der Waals surface area contributed by atoms with E-state index in [1.165, 1.54) is 6.07 Å². The number of halogens is 2. The second-order valence-electron chi connectivity index (χ2n) is 4.81. The smallest absolute Gasteiger partial charge is 0.207 e. The van der Waals surface area contributed by atoms with Gasteiger partial charge in [0.05, 0.1) is 5.02 Å². The summed E-state index contributed by atoms with van der Waals surface area (Å²) in [5, 5.41) is 0.212. The van der Waals surface area contributed by atoms with Crippen molar-refractivity contribution < 1.29 is 8.42 Å². The van der Waals surface area contributed by atoms with Crippen molar-refractivity contribution in [2.45, 2.75) is 44.0 Å². The number of benzene rings is 1. The molecule has 0 aliphatic heterocycles. The summed E-state index contributed by atoms with van der Waals surface area (Å²) in [6, 6.07) is 4.73. The van der Waals surface area contributed by atoms with Crippen LogP contribution in [-0.4, -0.2) is 14.0 Å². The predicted molar refractivity (Wildman–Crippen MR) is 78.5 cm³/mol. The first kappa shape index (κ1) is 16.0. The Morgan fingerprint density at radius 1 is 1.39 bits per heavy atom. The van der Waals surface area contributed by atoms with Crippen molar-refractivity contribution in [3.05, 3.63) is 27.7 Å². The third-order valence-corrected chi connectivity index (χ3v) is 5.14. The van der Waals surface area contributed by atoms with Crippen molar-refractivity contribution in [3.63, 3.8) is 0 Å². The molecule has 3 nitrogen and oxygen atoms in total. The Morgan fingerprint density at radius 2 is 2.00 bits per heavy atom. The van der Waals surface area contributed by atoms with Gasteiger partial charge in [-0.15, -0.1) is 0 Å². The molecule has 0 bridgehead atoms. The predicted octanol–water partition coefficient (Wildman–Crippen LogP) is 3.96. The van der Waals surface area contributed by atoms with E-state index in [9.17, 15) is 8.42 Å². The first-order valence-corrected chi connectivity index (χ1v) is 8.32. The van der Waals surface area contributed by atoms with E-state index in [-0.39, 0.29) is 9.92 Å². The maximum Gasteiger partial charge on any atom is 0.242 e. The van der Waals surface area contributed by atoms with Gasteiger partial charge in [0.15, 0.2) is 0 Å². The van der Waals surface area contributed by atoms with Gasteiger partial charge in [0.2, 0.25) is 10.0 Å². The maximum atomic E-state index is 12.2. The van der Waals surface area contributed by atoms with Crippen molar-refractivity contribution in [2.24, 2.45) is 0 Å². The number of sulfonamides is 1. The molecule has 1 rings (SSSR count). The Morgan fingerprint density at radius 3 is 2.50 bits per heavy atom. The molecule has 0 fully saturated rings. The summed E-state index contributed by atoms with van der Waals surface area (Å²) >= 11 is 9.22. The summed E-state index contributed by atoms with van der Waals surface area (Å²) in [6.45, 7) is 5.74. The lowest BCUT2D eigenvalue weighted by atomic mass is 10.0. The zero-order chi connectivity index (χ0) is 14.0. The lowest BCUT2D eigenvalue weighted by Gasteiger charge is -2.25. The SMILES string of the molecule is CCCC(C)(C)NS(=O)(=O)c1ccc(Br)cc1Cl. The molecule has 0 amide bonds. The van der Waals surface area contributed by atoms with E-state index in [4.69, 9.17) is 11.6 Å². The molecule has 6 heteroatoms. The Labute approximate surface area is 122 Å². The highest BCUT2D eigenvalue weighted by Crippen LogP contribution is 2.26. The highest BCUT2D eigenvalue weighted by Gasteiger charge is 2.26. The zero-order valence-electron chi connectivity index (χ0n) is 10.6. The Bertz CT molecular complexity index is 529. The van der Waals surface area contributed by atoms with Gasteiger partial charge in [0.1, 0.15) is 4.90 Å². The molecule has 0 radical (unpaired) electrons. The Kier molecular flexibility index (Phi) is 5.23. The van der Waals surface area contributed by atoms with E-state index < -0.39 is 15.6 Å². The Hall–Kier alpha value is -0.100. The van der Waals surface area contributed by atoms with Crippen molar-refractivity contribution >= 4 is 37.6 Å². The van der Waals surface area contributed by atoms with Crippen molar-refractivity contribution in [2.75, 3.05) is 0 Å². The van der Waals surface area contributed by atoms with Gasteiger partial charge in [0, 0.05) is 10.0 Å². The molecule has 0 saturated heterocycles. The molecule has 102 valence electrons. The number of nitrogens with one attached hydrogen (secondary N) is 1. The Balaban J connectivity index is 3.07. The van der Waals surface area contributed by atoms with Crippen LogP contribution in [0.2, 0.25) is 5.02 Å². The third-order valence-electron chi connectivity index (χ3n) is 2.47. The van der Waals surface area contributed by atoms with Gasteiger partial charge >= 0.3 is 0 Å². The lowest BCUT2D eigenvalue weighted by Crippen LogP contribution is -2.43. The number of hydrogen-bond acceptors (Lipinski definition) is 2. The van der Waals surface area contributed by atoms with Gasteiger partial charge in [-0.25, -0.2) is 13.1 Å². The van der Waals surface area contributed by atoms with Crippen LogP contribution in [0.1, 0.15) is 33.6 Å². The summed E-state index contributed by atoms with van der Waals surface area (Å²) in [4.78, 5) is 0.108. The normalized spacial score (nSPS) is 12.7. The number of hydrogen-bond donors (Lipinski definition) is 1. The number of rotatable bonds is 5. The van der Waals surface area contributed by atoms with Crippen molar-refractivity contribution in [1.82, 2.24) is 4.72 Å². The molecular weight excluding hydrogens is 338 g/mol. The van der Waals surface area contributed by atoms with Crippen molar-refractivity contribution in [1.29, 1.82) is 0 Å². The quantitative estimate of drug-likeness (QED) is 0.870. The van der Waals surface area contributed by atoms with Crippen LogP contribution in [0.4, 0.5) is 0 Å². The van der Waals surface area contributed by atoms with Crippen LogP contribution in [-0.2, 0) is 10.0 Å². The molecule has 0 aromatic heterocycles. The second kappa shape index (κ2) is 5.90. The first-order valence-electron chi connectivity index (χ1n) is 5.67. The monoisotopic (exact) mass is 353 g/mol. The van der Waals surface area contributed by atoms with Crippen LogP contribution in [0.25, 0.3) is 0 Å². The molecule has 0 heterocycles. The summed E-state index contributed by atoms with van der Waals surface area (Å²) < 4.78 is 27.9. The van der Waals surface area contributed by atoms with Gasteiger partial charge in [-0.1, -0.05) is 40.9 Å². The third kappa shape index (κ3) is 4.23. The average Bonchev–Trinajstić information content (AvgIpc) is 2.14. The minimum Gasteiger partial charge on any atom is -0.207 e. The van der Waals surface area contributed by atoms with E-state index in [1.54, 1.807) is 12.1 Å². The van der Waals surface area contributed by atoms with Crippen LogP contribution < -0.4 is 4.72 Å². The minimum atomic E-state index is -3.59. The van der Waals surface area contributed by atoms with Crippen molar-refractivity contribution in [3.8, 4) is 0 Å². The molecule has 0 aliphatic carbocycles. The molecule has 0 spiro atoms. The molecular formula is C12H17BrClNO2S. The summed E-state index contributed by atoms with van der Waals surface area (Å²) in [5.74, 6) is 0. The van der Waals surface area contributed by atoms with E-state index in [2.05, 4.69) is 20.7 Å². The zero-order valence-corrected chi connectivity index (χ0v) is 13.8. The molecule has 1 aromatic rings. The topological polar surface area (TPSA) is 46.2 Å². The molecule has 0 atom stereocenters. The van der Waals surface area contributed by atoms with Gasteiger partial charge < -0.3 is 0 Å². The van der Waals surface area contributed by atoms with E-state index >= 15 is 0 Å². The van der Waals surface area contributed by atoms with Crippen LogP contribution >= 0.6 is 27.5 Å². The molecule has 0 saturated carbocycles. The summed E-state index contributed by atoms with van der Waals surface area (Å²) in [6.07, 6.45) is 1.67. The standard InChI is InChI=1S/C12H17BrClNO2S/c1-4-7-12(2,3)15-18(16,17)11-6-5-9(13)8-10(11)14/h5-6,8,15H,4,7H2,1-3H3. The molecule has 1 aromatic carbocycles. The van der Waals surface area contributed by atoms with Gasteiger partial charge in [-0.05, 0) is 38.5 Å². The van der Waals surface area contributed by atoms with Crippen LogP contribution in [0.15, 0.2) is 27.6 Å². The van der Waals surface area contributed by atoms with Crippen LogP contribution in [0, 0.1) is 0 Å². The first-order chi connectivity index (χ1) is 8.18. The van der Waals surface area contributed by atoms with Gasteiger partial charge in [0.25, 0.3) is 0 Å². The molecule has 0 aliphatic rings. The average molecular weight is 355 g/mol. The summed E-state index contributed by atoms with van der Waals surface area (Å²) in [7, 11) is -3.59. The van der Waals surface area contributed by atoms with Gasteiger partial charge in [-0.2, -0.15) is 0 Å². The molecule has 1 N–H and O–H groups in total. The van der Waals surface area contributed by atoms with E-state index in [0.717, 1.165) is 17.3 Å². The molecule has 0 unspecified atom stereocenters. The highest BCUT2D eigenvalue weighted by molar-refractivity contribution is 9.10. The van der Waals surface area contributed by atoms with E-state index in [0.29, 0.717) is 0 Å². The van der Waals surface area contributed by atoms with Crippen LogP contribution in [0.5, 0.6) is 0 Å². The fourth-order valence-corrected chi connectivity index (χ4v) is 4.27. The lowest BCUT2D eigenvalue weighted by molar-refractivity contribution is 0.418. The maximum absolute atomic E-state index is 12.2. The highest BCUT2D eigenvalue weighted by atomic mass is 79.9. The van der Waals surface area contributed by atoms with Gasteiger partial charge in [-0.3, -0.25) is 0 Å².